The van der Waals surface area contributed by atoms with Gasteiger partial charge in [-0.1, -0.05) is 6.07 Å². The van der Waals surface area contributed by atoms with Crippen LogP contribution < -0.4 is 5.32 Å². The summed E-state index contributed by atoms with van der Waals surface area (Å²) in [6.45, 7) is 0.0413. The van der Waals surface area contributed by atoms with Crippen LogP contribution in [0.4, 0.5) is 5.69 Å². The van der Waals surface area contributed by atoms with Gasteiger partial charge in [0, 0.05) is 23.6 Å². The molecule has 0 bridgehead atoms. The zero-order valence-electron chi connectivity index (χ0n) is 13.3. The maximum Gasteiger partial charge on any atom is 0.325 e. The molecular weight excluding hydrogens is 316 g/mol. The highest BCUT2D eigenvalue weighted by Gasteiger charge is 2.12. The zero-order valence-corrected chi connectivity index (χ0v) is 13.3. The molecule has 0 aliphatic heterocycles. The predicted molar refractivity (Wildman–Crippen MR) is 91.6 cm³/mol. The standard InChI is InChI=1S/C19H14N4O2/c20-9-14-4-6-16(7-5-14)22-11-19(24)25-13-15-12-23-8-2-1-3-18(23)17(15)10-21/h1-8,12,22H,11,13H2. The van der Waals surface area contributed by atoms with E-state index in [4.69, 9.17) is 10.00 Å². The summed E-state index contributed by atoms with van der Waals surface area (Å²) in [6, 6.07) is 16.5. The van der Waals surface area contributed by atoms with Crippen molar-refractivity contribution in [3.8, 4) is 12.1 Å². The van der Waals surface area contributed by atoms with Crippen molar-refractivity contribution in [2.45, 2.75) is 6.61 Å². The molecule has 3 rings (SSSR count). The third kappa shape index (κ3) is 3.60. The molecule has 0 fully saturated rings. The third-order valence-corrected chi connectivity index (χ3v) is 3.71. The van der Waals surface area contributed by atoms with E-state index in [0.717, 1.165) is 11.2 Å². The molecule has 2 heterocycles. The van der Waals surface area contributed by atoms with Crippen LogP contribution in [-0.2, 0) is 16.1 Å². The fourth-order valence-corrected chi connectivity index (χ4v) is 2.46. The summed E-state index contributed by atoms with van der Waals surface area (Å²) in [6.07, 6.45) is 3.63. The Morgan fingerprint density at radius 1 is 1.12 bits per heavy atom. The maximum atomic E-state index is 11.9. The van der Waals surface area contributed by atoms with E-state index in [-0.39, 0.29) is 13.2 Å². The van der Waals surface area contributed by atoms with Crippen LogP contribution in [0.5, 0.6) is 0 Å². The van der Waals surface area contributed by atoms with Gasteiger partial charge in [-0.05, 0) is 36.4 Å². The van der Waals surface area contributed by atoms with Crippen LogP contribution in [0.15, 0.2) is 54.9 Å². The van der Waals surface area contributed by atoms with E-state index in [2.05, 4.69) is 11.4 Å². The first kappa shape index (κ1) is 16.1. The van der Waals surface area contributed by atoms with E-state index >= 15 is 0 Å². The highest BCUT2D eigenvalue weighted by molar-refractivity contribution is 5.75. The monoisotopic (exact) mass is 330 g/mol. The summed E-state index contributed by atoms with van der Waals surface area (Å²) in [5, 5.41) is 21.0. The number of nitrogens with one attached hydrogen (secondary N) is 1. The number of fused-ring (bicyclic) bond motifs is 1. The van der Waals surface area contributed by atoms with E-state index in [0.29, 0.717) is 16.7 Å². The summed E-state index contributed by atoms with van der Waals surface area (Å²) >= 11 is 0. The normalized spacial score (nSPS) is 10.0. The number of nitrogens with zero attached hydrogens (tertiary/aromatic N) is 3. The number of benzene rings is 1. The van der Waals surface area contributed by atoms with Crippen molar-refractivity contribution < 1.29 is 9.53 Å². The summed E-state index contributed by atoms with van der Waals surface area (Å²) < 4.78 is 7.08. The van der Waals surface area contributed by atoms with Gasteiger partial charge in [0.25, 0.3) is 0 Å². The number of rotatable bonds is 5. The van der Waals surface area contributed by atoms with Crippen LogP contribution in [0.1, 0.15) is 16.7 Å². The minimum Gasteiger partial charge on any atom is -0.459 e. The number of carbonyl (C=O) groups is 1. The molecule has 1 aromatic carbocycles. The number of nitriles is 2. The summed E-state index contributed by atoms with van der Waals surface area (Å²) in [4.78, 5) is 11.9. The van der Waals surface area contributed by atoms with Gasteiger partial charge in [-0.15, -0.1) is 0 Å². The lowest BCUT2D eigenvalue weighted by molar-refractivity contribution is -0.142. The first-order valence-corrected chi connectivity index (χ1v) is 7.59. The van der Waals surface area contributed by atoms with Crippen LogP contribution in [0.25, 0.3) is 5.52 Å². The fraction of sp³-hybridized carbons (Fsp3) is 0.105. The molecule has 6 nitrogen and oxygen atoms in total. The number of carbonyl (C=O) groups excluding carboxylic acids is 1. The molecule has 0 radical (unpaired) electrons. The zero-order chi connectivity index (χ0) is 17.6. The molecule has 0 amide bonds. The van der Waals surface area contributed by atoms with E-state index in [1.807, 2.05) is 34.9 Å². The topological polar surface area (TPSA) is 90.3 Å². The lowest BCUT2D eigenvalue weighted by Gasteiger charge is -2.07. The van der Waals surface area contributed by atoms with Crippen molar-refractivity contribution >= 4 is 17.2 Å². The average Bonchev–Trinajstić information content (AvgIpc) is 3.02. The molecule has 0 aliphatic rings. The van der Waals surface area contributed by atoms with Crippen LogP contribution in [0, 0.1) is 22.7 Å². The molecule has 0 unspecified atom stereocenters. The molecule has 3 aromatic rings. The van der Waals surface area contributed by atoms with E-state index in [9.17, 15) is 10.1 Å². The lowest BCUT2D eigenvalue weighted by atomic mass is 10.2. The Morgan fingerprint density at radius 3 is 2.64 bits per heavy atom. The molecule has 0 saturated heterocycles. The van der Waals surface area contributed by atoms with Crippen LogP contribution in [0.3, 0.4) is 0 Å². The Kier molecular flexibility index (Phi) is 4.64. The van der Waals surface area contributed by atoms with Gasteiger partial charge in [-0.3, -0.25) is 4.79 Å². The van der Waals surface area contributed by atoms with E-state index in [1.54, 1.807) is 30.5 Å². The average molecular weight is 330 g/mol. The second-order valence-electron chi connectivity index (χ2n) is 5.34. The van der Waals surface area contributed by atoms with Crippen molar-refractivity contribution in [3.63, 3.8) is 0 Å². The number of anilines is 1. The van der Waals surface area contributed by atoms with Crippen molar-refractivity contribution in [3.05, 3.63) is 71.5 Å². The quantitative estimate of drug-likeness (QED) is 0.726. The Balaban J connectivity index is 1.59. The molecule has 25 heavy (non-hydrogen) atoms. The maximum absolute atomic E-state index is 11.9. The van der Waals surface area contributed by atoms with Gasteiger partial charge in [0.1, 0.15) is 19.2 Å². The number of pyridine rings is 1. The van der Waals surface area contributed by atoms with Crippen molar-refractivity contribution in [2.24, 2.45) is 0 Å². The Hall–Kier alpha value is -3.77. The van der Waals surface area contributed by atoms with Crippen molar-refractivity contribution in [2.75, 3.05) is 11.9 Å². The molecule has 122 valence electrons. The third-order valence-electron chi connectivity index (χ3n) is 3.71. The number of hydrogen-bond acceptors (Lipinski definition) is 5. The first-order chi connectivity index (χ1) is 12.2. The SMILES string of the molecule is N#Cc1ccc(NCC(=O)OCc2cn3ccccc3c2C#N)cc1. The molecule has 2 aromatic heterocycles. The lowest BCUT2D eigenvalue weighted by Crippen LogP contribution is -2.16. The Labute approximate surface area is 144 Å². The highest BCUT2D eigenvalue weighted by atomic mass is 16.5. The summed E-state index contributed by atoms with van der Waals surface area (Å²) in [5.74, 6) is -0.427. The van der Waals surface area contributed by atoms with Crippen LogP contribution in [0.2, 0.25) is 0 Å². The smallest absolute Gasteiger partial charge is 0.325 e. The number of hydrogen-bond donors (Lipinski definition) is 1. The van der Waals surface area contributed by atoms with Gasteiger partial charge in [-0.2, -0.15) is 10.5 Å². The largest absolute Gasteiger partial charge is 0.459 e. The van der Waals surface area contributed by atoms with Gasteiger partial charge in [0.15, 0.2) is 0 Å². The highest BCUT2D eigenvalue weighted by Crippen LogP contribution is 2.18. The van der Waals surface area contributed by atoms with E-state index in [1.165, 1.54) is 0 Å². The second kappa shape index (κ2) is 7.20. The van der Waals surface area contributed by atoms with Gasteiger partial charge >= 0.3 is 5.97 Å². The minimum atomic E-state index is -0.427. The van der Waals surface area contributed by atoms with Crippen LogP contribution >= 0.6 is 0 Å². The fourth-order valence-electron chi connectivity index (χ4n) is 2.46. The molecule has 0 spiro atoms. The molecule has 0 aliphatic carbocycles. The van der Waals surface area contributed by atoms with Crippen LogP contribution in [-0.4, -0.2) is 16.9 Å². The molecule has 6 heteroatoms. The number of esters is 1. The van der Waals surface area contributed by atoms with Gasteiger partial charge in [0.05, 0.1) is 22.7 Å². The predicted octanol–water partition coefficient (Wildman–Crippen LogP) is 2.84. The number of aromatic nitrogens is 1. The minimum absolute atomic E-state index is 0.00115. The van der Waals surface area contributed by atoms with Gasteiger partial charge in [0.2, 0.25) is 0 Å². The molecule has 1 N–H and O–H groups in total. The Bertz CT molecular complexity index is 991. The van der Waals surface area contributed by atoms with Crippen molar-refractivity contribution in [1.82, 2.24) is 4.40 Å². The van der Waals surface area contributed by atoms with Gasteiger partial charge in [-0.25, -0.2) is 0 Å². The first-order valence-electron chi connectivity index (χ1n) is 7.59. The summed E-state index contributed by atoms with van der Waals surface area (Å²) in [5.41, 5.74) is 3.24. The molecule has 0 atom stereocenters. The second-order valence-corrected chi connectivity index (χ2v) is 5.34. The molecule has 0 saturated carbocycles. The molecular formula is C19H14N4O2. The summed E-state index contributed by atoms with van der Waals surface area (Å²) in [7, 11) is 0. The number of ether oxygens (including phenoxy) is 1. The van der Waals surface area contributed by atoms with Gasteiger partial charge < -0.3 is 14.5 Å². The van der Waals surface area contributed by atoms with E-state index < -0.39 is 5.97 Å². The van der Waals surface area contributed by atoms with Crippen molar-refractivity contribution in [1.29, 1.82) is 10.5 Å². The Morgan fingerprint density at radius 2 is 1.92 bits per heavy atom.